The van der Waals surface area contributed by atoms with Crippen molar-refractivity contribution in [3.05, 3.63) is 84.1 Å². The fraction of sp³-hybridized carbons (Fsp3) is 0.125. The van der Waals surface area contributed by atoms with Crippen molar-refractivity contribution >= 4 is 44.6 Å². The Morgan fingerprint density at radius 2 is 1.83 bits per heavy atom. The maximum absolute atomic E-state index is 12.3. The van der Waals surface area contributed by atoms with Crippen LogP contribution in [0.5, 0.6) is 5.75 Å². The van der Waals surface area contributed by atoms with Gasteiger partial charge in [-0.2, -0.15) is 0 Å². The SMILES string of the molecule is CN1C(=O)SC(c2cnc3cc(OCc4cccc5ccccc45)ccc3c2)C1=O. The fourth-order valence-corrected chi connectivity index (χ4v) is 4.61. The maximum Gasteiger partial charge on any atom is 0.289 e. The van der Waals surface area contributed by atoms with E-state index in [4.69, 9.17) is 4.74 Å². The van der Waals surface area contributed by atoms with Gasteiger partial charge in [-0.25, -0.2) is 0 Å². The number of aromatic nitrogens is 1. The van der Waals surface area contributed by atoms with Gasteiger partial charge in [0.25, 0.3) is 5.24 Å². The number of hydrogen-bond acceptors (Lipinski definition) is 5. The Hall–Kier alpha value is -3.38. The number of likely N-dealkylation sites (N-methyl/N-ethyl adjacent to an activating group) is 1. The van der Waals surface area contributed by atoms with Gasteiger partial charge in [0.05, 0.1) is 5.52 Å². The topological polar surface area (TPSA) is 59.5 Å². The van der Waals surface area contributed by atoms with Crippen LogP contribution in [0.2, 0.25) is 0 Å². The second kappa shape index (κ2) is 7.46. The van der Waals surface area contributed by atoms with Crippen LogP contribution < -0.4 is 4.74 Å². The van der Waals surface area contributed by atoms with Gasteiger partial charge in [-0.05, 0) is 51.9 Å². The number of hydrogen-bond donors (Lipinski definition) is 0. The van der Waals surface area contributed by atoms with E-state index in [9.17, 15) is 9.59 Å². The van der Waals surface area contributed by atoms with Crippen molar-refractivity contribution in [1.82, 2.24) is 9.88 Å². The molecule has 1 aromatic heterocycles. The maximum atomic E-state index is 12.3. The lowest BCUT2D eigenvalue weighted by atomic mass is 10.1. The Morgan fingerprint density at radius 1 is 1.00 bits per heavy atom. The quantitative estimate of drug-likeness (QED) is 0.451. The summed E-state index contributed by atoms with van der Waals surface area (Å²) in [6.45, 7) is 0.465. The van der Waals surface area contributed by atoms with E-state index in [-0.39, 0.29) is 11.1 Å². The first-order valence-electron chi connectivity index (χ1n) is 9.57. The number of imide groups is 1. The monoisotopic (exact) mass is 414 g/mol. The van der Waals surface area contributed by atoms with Crippen LogP contribution in [-0.2, 0) is 11.4 Å². The molecule has 5 nitrogen and oxygen atoms in total. The van der Waals surface area contributed by atoms with Crippen LogP contribution in [0.1, 0.15) is 16.4 Å². The minimum absolute atomic E-state index is 0.207. The zero-order chi connectivity index (χ0) is 20.7. The van der Waals surface area contributed by atoms with Crippen LogP contribution in [0, 0.1) is 0 Å². The number of fused-ring (bicyclic) bond motifs is 2. The second-order valence-corrected chi connectivity index (χ2v) is 8.27. The standard InChI is InChI=1S/C24H18N2O3S/c1-26-23(27)22(30-24(26)28)18-11-16-9-10-19(12-21(16)25-13-18)29-14-17-7-4-6-15-5-2-3-8-20(15)17/h2-13,22H,14H2,1H3. The molecule has 148 valence electrons. The van der Waals surface area contributed by atoms with Gasteiger partial charge < -0.3 is 4.74 Å². The van der Waals surface area contributed by atoms with Crippen molar-refractivity contribution in [3.8, 4) is 5.75 Å². The summed E-state index contributed by atoms with van der Waals surface area (Å²) in [4.78, 5) is 29.7. The normalized spacial score (nSPS) is 16.6. The minimum Gasteiger partial charge on any atom is -0.489 e. The smallest absolute Gasteiger partial charge is 0.289 e. The molecule has 0 bridgehead atoms. The molecule has 0 saturated carbocycles. The van der Waals surface area contributed by atoms with E-state index >= 15 is 0 Å². The van der Waals surface area contributed by atoms with E-state index in [2.05, 4.69) is 29.2 Å². The molecule has 0 spiro atoms. The van der Waals surface area contributed by atoms with Gasteiger partial charge in [-0.15, -0.1) is 0 Å². The van der Waals surface area contributed by atoms with Crippen molar-refractivity contribution in [3.63, 3.8) is 0 Å². The lowest BCUT2D eigenvalue weighted by Crippen LogP contribution is -2.24. The zero-order valence-electron chi connectivity index (χ0n) is 16.2. The third-order valence-electron chi connectivity index (χ3n) is 5.30. The van der Waals surface area contributed by atoms with Crippen LogP contribution in [0.4, 0.5) is 4.79 Å². The highest BCUT2D eigenvalue weighted by Gasteiger charge is 2.38. The van der Waals surface area contributed by atoms with Gasteiger partial charge in [-0.3, -0.25) is 19.5 Å². The molecule has 2 amide bonds. The van der Waals surface area contributed by atoms with Gasteiger partial charge in [0.15, 0.2) is 0 Å². The van der Waals surface area contributed by atoms with Gasteiger partial charge in [-0.1, -0.05) is 42.5 Å². The first-order valence-corrected chi connectivity index (χ1v) is 10.5. The Labute approximate surface area is 177 Å². The molecule has 4 aromatic rings. The van der Waals surface area contributed by atoms with E-state index in [1.165, 1.54) is 17.8 Å². The van der Waals surface area contributed by atoms with Crippen molar-refractivity contribution in [2.24, 2.45) is 0 Å². The molecular formula is C24H18N2O3S. The molecule has 0 aliphatic carbocycles. The van der Waals surface area contributed by atoms with Crippen molar-refractivity contribution in [2.75, 3.05) is 7.05 Å². The van der Waals surface area contributed by atoms with Crippen LogP contribution in [0.15, 0.2) is 72.9 Å². The zero-order valence-corrected chi connectivity index (χ0v) is 17.1. The lowest BCUT2D eigenvalue weighted by molar-refractivity contribution is -0.125. The summed E-state index contributed by atoms with van der Waals surface area (Å²) in [5, 5.41) is 2.51. The van der Waals surface area contributed by atoms with Crippen molar-refractivity contribution < 1.29 is 14.3 Å². The van der Waals surface area contributed by atoms with Gasteiger partial charge in [0.2, 0.25) is 5.91 Å². The third kappa shape index (κ3) is 3.29. The number of thioether (sulfide) groups is 1. The lowest BCUT2D eigenvalue weighted by Gasteiger charge is -2.11. The summed E-state index contributed by atoms with van der Waals surface area (Å²) in [5.41, 5.74) is 2.64. The molecule has 1 aliphatic heterocycles. The van der Waals surface area contributed by atoms with Crippen molar-refractivity contribution in [1.29, 1.82) is 0 Å². The molecule has 1 aliphatic rings. The van der Waals surface area contributed by atoms with Crippen LogP contribution in [-0.4, -0.2) is 28.1 Å². The minimum atomic E-state index is -0.526. The number of nitrogens with zero attached hydrogens (tertiary/aromatic N) is 2. The van der Waals surface area contributed by atoms with E-state index in [0.29, 0.717) is 6.61 Å². The van der Waals surface area contributed by atoms with E-state index < -0.39 is 5.25 Å². The highest BCUT2D eigenvalue weighted by atomic mass is 32.2. The van der Waals surface area contributed by atoms with Gasteiger partial charge in [0, 0.05) is 24.7 Å². The summed E-state index contributed by atoms with van der Waals surface area (Å²) < 4.78 is 6.03. The first kappa shape index (κ1) is 18.6. The predicted molar refractivity (Wildman–Crippen MR) is 119 cm³/mol. The van der Waals surface area contributed by atoms with Crippen LogP contribution >= 0.6 is 11.8 Å². The number of carbonyl (C=O) groups is 2. The summed E-state index contributed by atoms with van der Waals surface area (Å²) in [6.07, 6.45) is 1.67. The molecular weight excluding hydrogens is 396 g/mol. The summed E-state index contributed by atoms with van der Waals surface area (Å²) in [7, 11) is 1.51. The van der Waals surface area contributed by atoms with E-state index in [1.54, 1.807) is 6.20 Å². The Bertz CT molecular complexity index is 1300. The molecule has 3 aromatic carbocycles. The average Bonchev–Trinajstić information content (AvgIpc) is 3.04. The number of benzene rings is 3. The molecule has 30 heavy (non-hydrogen) atoms. The summed E-state index contributed by atoms with van der Waals surface area (Å²) in [6, 6.07) is 22.1. The molecule has 1 atom stereocenters. The Balaban J connectivity index is 1.38. The molecule has 1 saturated heterocycles. The summed E-state index contributed by atoms with van der Waals surface area (Å²) >= 11 is 1.03. The number of pyridine rings is 1. The molecule has 1 unspecified atom stereocenters. The van der Waals surface area contributed by atoms with Gasteiger partial charge >= 0.3 is 0 Å². The average molecular weight is 414 g/mol. The first-order chi connectivity index (χ1) is 14.6. The molecule has 6 heteroatoms. The summed E-state index contributed by atoms with van der Waals surface area (Å²) in [5.74, 6) is 0.526. The molecule has 2 heterocycles. The number of amides is 2. The Morgan fingerprint density at radius 3 is 2.67 bits per heavy atom. The van der Waals surface area contributed by atoms with Crippen molar-refractivity contribution in [2.45, 2.75) is 11.9 Å². The molecule has 1 fully saturated rings. The number of carbonyl (C=O) groups excluding carboxylic acids is 2. The molecule has 0 radical (unpaired) electrons. The molecule has 5 rings (SSSR count). The Kier molecular flexibility index (Phi) is 4.64. The fourth-order valence-electron chi connectivity index (χ4n) is 3.64. The second-order valence-electron chi connectivity index (χ2n) is 7.21. The number of rotatable bonds is 4. The van der Waals surface area contributed by atoms with Crippen LogP contribution in [0.25, 0.3) is 21.7 Å². The van der Waals surface area contributed by atoms with Gasteiger partial charge in [0.1, 0.15) is 17.6 Å². The highest BCUT2D eigenvalue weighted by Crippen LogP contribution is 2.39. The van der Waals surface area contributed by atoms with E-state index in [1.807, 2.05) is 42.5 Å². The number of ether oxygens (including phenoxy) is 1. The molecule has 0 N–H and O–H groups in total. The predicted octanol–water partition coefficient (Wildman–Crippen LogP) is 5.33. The van der Waals surface area contributed by atoms with E-state index in [0.717, 1.165) is 44.4 Å². The third-order valence-corrected chi connectivity index (χ3v) is 6.49. The highest BCUT2D eigenvalue weighted by molar-refractivity contribution is 8.14. The van der Waals surface area contributed by atoms with Crippen LogP contribution in [0.3, 0.4) is 0 Å². The largest absolute Gasteiger partial charge is 0.489 e.